The van der Waals surface area contributed by atoms with Crippen LogP contribution in [0.2, 0.25) is 0 Å². The Hall–Kier alpha value is -2.79. The number of carboxylic acids is 1. The quantitative estimate of drug-likeness (QED) is 0.546. The van der Waals surface area contributed by atoms with Crippen molar-refractivity contribution in [3.8, 4) is 11.5 Å². The molecule has 2 rings (SSSR count). The van der Waals surface area contributed by atoms with Gasteiger partial charge in [0.1, 0.15) is 11.5 Å². The molecule has 0 radical (unpaired) electrons. The van der Waals surface area contributed by atoms with E-state index in [9.17, 15) is 18.0 Å². The molecular weight excluding hydrogens is 473 g/mol. The number of aliphatic carboxylic acids is 1. The molecule has 2 aromatic carbocycles. The lowest BCUT2D eigenvalue weighted by Crippen LogP contribution is -2.35. The minimum absolute atomic E-state index is 0.0553. The van der Waals surface area contributed by atoms with Crippen LogP contribution in [0.25, 0.3) is 0 Å². The Balaban J connectivity index is 0.000000553. The molecule has 0 spiro atoms. The number of hydrogen-bond donors (Lipinski definition) is 3. The molecule has 1 amide bonds. The minimum Gasteiger partial charge on any atom is -0.496 e. The summed E-state index contributed by atoms with van der Waals surface area (Å²) in [7, 11) is 1.59. The van der Waals surface area contributed by atoms with E-state index in [0.29, 0.717) is 18.0 Å². The van der Waals surface area contributed by atoms with E-state index in [1.807, 2.05) is 36.4 Å². The van der Waals surface area contributed by atoms with Crippen molar-refractivity contribution in [2.45, 2.75) is 12.2 Å². The van der Waals surface area contributed by atoms with Gasteiger partial charge in [-0.15, -0.1) is 0 Å². The predicted octanol–water partition coefficient (Wildman–Crippen LogP) is 3.29. The van der Waals surface area contributed by atoms with Crippen LogP contribution in [0.4, 0.5) is 13.2 Å². The van der Waals surface area contributed by atoms with Crippen molar-refractivity contribution in [1.82, 2.24) is 5.32 Å². The number of halogens is 4. The summed E-state index contributed by atoms with van der Waals surface area (Å²) in [6.45, 7) is 0.253. The molecule has 7 nitrogen and oxygen atoms in total. The van der Waals surface area contributed by atoms with Crippen LogP contribution in [-0.4, -0.2) is 43.4 Å². The third kappa shape index (κ3) is 9.14. The summed E-state index contributed by atoms with van der Waals surface area (Å²) < 4.78 is 43.4. The van der Waals surface area contributed by atoms with Crippen LogP contribution in [0.5, 0.6) is 11.5 Å². The predicted molar refractivity (Wildman–Crippen MR) is 106 cm³/mol. The Morgan fingerprint density at radius 1 is 1.17 bits per heavy atom. The molecule has 0 bridgehead atoms. The summed E-state index contributed by atoms with van der Waals surface area (Å²) in [4.78, 5) is 20.7. The molecule has 11 heteroatoms. The normalized spacial score (nSPS) is 11.5. The van der Waals surface area contributed by atoms with E-state index in [1.165, 1.54) is 0 Å². The van der Waals surface area contributed by atoms with Gasteiger partial charge in [0.2, 0.25) is 0 Å². The summed E-state index contributed by atoms with van der Waals surface area (Å²) in [6.07, 6.45) is -5.08. The number of ether oxygens (including phenoxy) is 2. The Bertz CT molecular complexity index is 832. The molecule has 0 heterocycles. The highest BCUT2D eigenvalue weighted by molar-refractivity contribution is 9.10. The maximum atomic E-state index is 11.8. The average molecular weight is 493 g/mol. The first-order chi connectivity index (χ1) is 14.0. The van der Waals surface area contributed by atoms with E-state index in [-0.39, 0.29) is 18.6 Å². The zero-order valence-electron chi connectivity index (χ0n) is 15.8. The summed E-state index contributed by atoms with van der Waals surface area (Å²) in [6, 6.07) is 14.4. The molecule has 2 aromatic rings. The van der Waals surface area contributed by atoms with Crippen molar-refractivity contribution in [3.63, 3.8) is 0 Å². The third-order valence-electron chi connectivity index (χ3n) is 3.48. The third-order valence-corrected chi connectivity index (χ3v) is 4.01. The van der Waals surface area contributed by atoms with Gasteiger partial charge in [0.25, 0.3) is 5.91 Å². The van der Waals surface area contributed by atoms with Crippen molar-refractivity contribution in [3.05, 3.63) is 58.6 Å². The van der Waals surface area contributed by atoms with Crippen LogP contribution in [0, 0.1) is 0 Å². The molecule has 0 aliphatic heterocycles. The largest absolute Gasteiger partial charge is 0.496 e. The van der Waals surface area contributed by atoms with Crippen molar-refractivity contribution in [2.75, 3.05) is 20.3 Å². The first kappa shape index (κ1) is 25.2. The molecule has 0 fully saturated rings. The second-order valence-corrected chi connectivity index (χ2v) is 6.61. The van der Waals surface area contributed by atoms with E-state index < -0.39 is 12.1 Å². The Labute approximate surface area is 179 Å². The summed E-state index contributed by atoms with van der Waals surface area (Å²) in [5.74, 6) is -1.64. The van der Waals surface area contributed by atoms with Gasteiger partial charge in [0.05, 0.1) is 13.2 Å². The molecular formula is C19H20BrF3N2O5. The Morgan fingerprint density at radius 3 is 2.27 bits per heavy atom. The van der Waals surface area contributed by atoms with Gasteiger partial charge in [-0.25, -0.2) is 4.79 Å². The molecule has 4 N–H and O–H groups in total. The van der Waals surface area contributed by atoms with Gasteiger partial charge in [-0.3, -0.25) is 4.79 Å². The number of rotatable bonds is 7. The first-order valence-corrected chi connectivity index (χ1v) is 9.17. The maximum absolute atomic E-state index is 11.8. The molecule has 0 aliphatic carbocycles. The van der Waals surface area contributed by atoms with Gasteiger partial charge in [-0.2, -0.15) is 13.2 Å². The molecule has 0 saturated heterocycles. The molecule has 0 saturated carbocycles. The molecule has 0 aliphatic rings. The van der Waals surface area contributed by atoms with Crippen LogP contribution in [-0.2, 0) is 9.59 Å². The molecule has 164 valence electrons. The highest BCUT2D eigenvalue weighted by Crippen LogP contribution is 2.22. The van der Waals surface area contributed by atoms with Gasteiger partial charge < -0.3 is 25.6 Å². The van der Waals surface area contributed by atoms with E-state index >= 15 is 0 Å². The zero-order chi connectivity index (χ0) is 22.7. The van der Waals surface area contributed by atoms with Gasteiger partial charge in [0.15, 0.2) is 6.61 Å². The van der Waals surface area contributed by atoms with Gasteiger partial charge in [-0.05, 0) is 30.3 Å². The van der Waals surface area contributed by atoms with E-state index in [4.69, 9.17) is 25.1 Å². The number of carboxylic acid groups (broad SMARTS) is 1. The van der Waals surface area contributed by atoms with Crippen molar-refractivity contribution < 1.29 is 37.3 Å². The Morgan fingerprint density at radius 2 is 1.73 bits per heavy atom. The number of benzene rings is 2. The van der Waals surface area contributed by atoms with Crippen LogP contribution < -0.4 is 20.5 Å². The van der Waals surface area contributed by atoms with Crippen molar-refractivity contribution >= 4 is 27.8 Å². The van der Waals surface area contributed by atoms with Crippen LogP contribution in [0.15, 0.2) is 53.0 Å². The van der Waals surface area contributed by atoms with Crippen LogP contribution >= 0.6 is 15.9 Å². The number of alkyl halides is 3. The topological polar surface area (TPSA) is 111 Å². The zero-order valence-corrected chi connectivity index (χ0v) is 17.4. The SMILES string of the molecule is COc1ccccc1C(N)CNC(=O)COc1ccc(Br)cc1.O=C(O)C(F)(F)F. The smallest absolute Gasteiger partial charge is 0.490 e. The lowest BCUT2D eigenvalue weighted by atomic mass is 10.1. The molecule has 1 atom stereocenters. The molecule has 0 aromatic heterocycles. The number of amides is 1. The highest BCUT2D eigenvalue weighted by Gasteiger charge is 2.38. The summed E-state index contributed by atoms with van der Waals surface area (Å²) >= 11 is 3.34. The van der Waals surface area contributed by atoms with Crippen molar-refractivity contribution in [1.29, 1.82) is 0 Å². The van der Waals surface area contributed by atoms with E-state index in [2.05, 4.69) is 21.2 Å². The van der Waals surface area contributed by atoms with Gasteiger partial charge in [0, 0.05) is 16.6 Å². The second kappa shape index (κ2) is 12.0. The summed E-state index contributed by atoms with van der Waals surface area (Å²) in [5.41, 5.74) is 6.95. The van der Waals surface area contributed by atoms with E-state index in [1.54, 1.807) is 19.2 Å². The van der Waals surface area contributed by atoms with Crippen LogP contribution in [0.1, 0.15) is 11.6 Å². The fraction of sp³-hybridized carbons (Fsp3) is 0.263. The monoisotopic (exact) mass is 492 g/mol. The highest BCUT2D eigenvalue weighted by atomic mass is 79.9. The van der Waals surface area contributed by atoms with Gasteiger partial charge >= 0.3 is 12.1 Å². The molecule has 1 unspecified atom stereocenters. The fourth-order valence-electron chi connectivity index (χ4n) is 2.04. The number of hydrogen-bond acceptors (Lipinski definition) is 5. The van der Waals surface area contributed by atoms with Crippen molar-refractivity contribution in [2.24, 2.45) is 5.73 Å². The second-order valence-electron chi connectivity index (χ2n) is 5.70. The number of methoxy groups -OCH3 is 1. The fourth-order valence-corrected chi connectivity index (χ4v) is 2.30. The minimum atomic E-state index is -5.08. The number of carbonyl (C=O) groups is 2. The average Bonchev–Trinajstić information content (AvgIpc) is 2.71. The lowest BCUT2D eigenvalue weighted by Gasteiger charge is -2.16. The van der Waals surface area contributed by atoms with E-state index in [0.717, 1.165) is 10.0 Å². The Kier molecular flexibility index (Phi) is 10.1. The number of nitrogens with two attached hydrogens (primary N) is 1. The first-order valence-electron chi connectivity index (χ1n) is 8.38. The van der Waals surface area contributed by atoms with Gasteiger partial charge in [-0.1, -0.05) is 34.1 Å². The number of nitrogens with one attached hydrogen (secondary N) is 1. The molecule has 30 heavy (non-hydrogen) atoms. The maximum Gasteiger partial charge on any atom is 0.490 e. The standard InChI is InChI=1S/C17H19BrN2O3.C2HF3O2/c1-22-16-5-3-2-4-14(16)15(19)10-20-17(21)11-23-13-8-6-12(18)7-9-13;3-2(4,5)1(6)7/h2-9,15H,10-11,19H2,1H3,(H,20,21);(H,6,7). The van der Waals surface area contributed by atoms with Crippen LogP contribution in [0.3, 0.4) is 0 Å². The number of para-hydroxylation sites is 1. The number of carbonyl (C=O) groups excluding carboxylic acids is 1. The summed E-state index contributed by atoms with van der Waals surface area (Å²) in [5, 5.41) is 9.89. The lowest BCUT2D eigenvalue weighted by molar-refractivity contribution is -0.192.